The van der Waals surface area contributed by atoms with E-state index in [1.807, 2.05) is 74.5 Å². The van der Waals surface area contributed by atoms with Crippen molar-refractivity contribution in [1.82, 2.24) is 9.78 Å². The normalized spacial score (nSPS) is 11.0. The van der Waals surface area contributed by atoms with Gasteiger partial charge in [-0.15, -0.1) is 0 Å². The number of hydrogen-bond acceptors (Lipinski definition) is 3. The monoisotopic (exact) mass is 345 g/mol. The molecule has 0 saturated carbocycles. The number of aromatic nitrogens is 2. The number of hydrogen-bond donors (Lipinski definition) is 1. The first-order valence-corrected chi connectivity index (χ1v) is 8.49. The van der Waals surface area contributed by atoms with E-state index in [1.165, 1.54) is 0 Å². The van der Waals surface area contributed by atoms with Crippen molar-refractivity contribution in [3.05, 3.63) is 83.2 Å². The summed E-state index contributed by atoms with van der Waals surface area (Å²) in [7, 11) is 0. The average molecular weight is 345 g/mol. The largest absolute Gasteiger partial charge is 0.451 e. The Morgan fingerprint density at radius 2 is 1.81 bits per heavy atom. The summed E-state index contributed by atoms with van der Waals surface area (Å²) in [4.78, 5) is 12.8. The fourth-order valence-corrected chi connectivity index (χ4v) is 3.09. The lowest BCUT2D eigenvalue weighted by atomic mass is 10.1. The number of fused-ring (bicyclic) bond motifs is 1. The lowest BCUT2D eigenvalue weighted by Crippen LogP contribution is -2.16. The molecule has 2 heterocycles. The summed E-state index contributed by atoms with van der Waals surface area (Å²) < 4.78 is 7.55. The van der Waals surface area contributed by atoms with E-state index in [4.69, 9.17) is 4.42 Å². The third-order valence-electron chi connectivity index (χ3n) is 4.37. The van der Waals surface area contributed by atoms with E-state index in [0.29, 0.717) is 23.7 Å². The maximum atomic E-state index is 12.8. The molecule has 0 fully saturated rings. The van der Waals surface area contributed by atoms with Crippen molar-refractivity contribution in [2.45, 2.75) is 20.4 Å². The highest BCUT2D eigenvalue weighted by Gasteiger charge is 2.19. The summed E-state index contributed by atoms with van der Waals surface area (Å²) in [6, 6.07) is 19.5. The number of rotatable bonds is 4. The van der Waals surface area contributed by atoms with Crippen molar-refractivity contribution < 1.29 is 9.21 Å². The van der Waals surface area contributed by atoms with Crippen molar-refractivity contribution in [3.63, 3.8) is 0 Å². The molecule has 26 heavy (non-hydrogen) atoms. The Labute approximate surface area is 151 Å². The zero-order valence-electron chi connectivity index (χ0n) is 14.7. The highest BCUT2D eigenvalue weighted by Crippen LogP contribution is 2.26. The maximum Gasteiger partial charge on any atom is 0.292 e. The number of anilines is 1. The number of aryl methyl sites for hydroxylation is 2. The molecular weight excluding hydrogens is 326 g/mol. The molecule has 0 aliphatic carbocycles. The van der Waals surface area contributed by atoms with E-state index in [1.54, 1.807) is 4.68 Å². The number of benzene rings is 2. The van der Waals surface area contributed by atoms with Crippen LogP contribution in [0, 0.1) is 13.8 Å². The Kier molecular flexibility index (Phi) is 4.05. The maximum absolute atomic E-state index is 12.8. The second-order valence-electron chi connectivity index (χ2n) is 6.32. The average Bonchev–Trinajstić information content (AvgIpc) is 3.16. The van der Waals surface area contributed by atoms with Gasteiger partial charge in [-0.1, -0.05) is 48.5 Å². The molecule has 4 rings (SSSR count). The van der Waals surface area contributed by atoms with Gasteiger partial charge in [0.15, 0.2) is 5.76 Å². The van der Waals surface area contributed by atoms with Crippen LogP contribution in [0.15, 0.2) is 65.1 Å². The molecule has 0 radical (unpaired) electrons. The van der Waals surface area contributed by atoms with Crippen molar-refractivity contribution >= 4 is 22.7 Å². The molecule has 5 heteroatoms. The first kappa shape index (κ1) is 16.1. The minimum atomic E-state index is -0.270. The van der Waals surface area contributed by atoms with Gasteiger partial charge in [0.05, 0.1) is 12.2 Å². The summed E-state index contributed by atoms with van der Waals surface area (Å²) in [6.07, 6.45) is 0. The third-order valence-corrected chi connectivity index (χ3v) is 4.37. The first-order chi connectivity index (χ1) is 12.6. The van der Waals surface area contributed by atoms with Crippen LogP contribution in [0.1, 0.15) is 27.4 Å². The zero-order valence-corrected chi connectivity index (χ0v) is 14.7. The van der Waals surface area contributed by atoms with Crippen LogP contribution < -0.4 is 5.32 Å². The number of furan rings is 1. The molecule has 0 saturated heterocycles. The van der Waals surface area contributed by atoms with Crippen LogP contribution in [0.2, 0.25) is 0 Å². The van der Waals surface area contributed by atoms with Gasteiger partial charge in [-0.05, 0) is 25.5 Å². The molecule has 0 spiro atoms. The Hall–Kier alpha value is -3.34. The summed E-state index contributed by atoms with van der Waals surface area (Å²) in [5, 5.41) is 8.38. The van der Waals surface area contributed by atoms with E-state index >= 15 is 0 Å². The SMILES string of the molecule is Cc1cc(NC(=O)c2oc3ccccc3c2C)n(Cc2ccccc2)n1. The predicted molar refractivity (Wildman–Crippen MR) is 101 cm³/mol. The summed E-state index contributed by atoms with van der Waals surface area (Å²) in [5.74, 6) is 0.709. The van der Waals surface area contributed by atoms with Gasteiger partial charge in [0.2, 0.25) is 0 Å². The van der Waals surface area contributed by atoms with Gasteiger partial charge in [-0.3, -0.25) is 4.79 Å². The Bertz CT molecular complexity index is 1080. The number of para-hydroxylation sites is 1. The van der Waals surface area contributed by atoms with Crippen LogP contribution in [0.5, 0.6) is 0 Å². The van der Waals surface area contributed by atoms with Gasteiger partial charge in [0.1, 0.15) is 11.4 Å². The number of carbonyl (C=O) groups is 1. The van der Waals surface area contributed by atoms with Gasteiger partial charge in [-0.25, -0.2) is 4.68 Å². The van der Waals surface area contributed by atoms with Crippen molar-refractivity contribution in [2.24, 2.45) is 0 Å². The minimum absolute atomic E-state index is 0.270. The van der Waals surface area contributed by atoms with Crippen molar-refractivity contribution in [3.8, 4) is 0 Å². The van der Waals surface area contributed by atoms with Crippen LogP contribution in [-0.2, 0) is 6.54 Å². The minimum Gasteiger partial charge on any atom is -0.451 e. The number of amides is 1. The number of nitrogens with one attached hydrogen (secondary N) is 1. The Morgan fingerprint density at radius 1 is 1.08 bits per heavy atom. The number of carbonyl (C=O) groups excluding carboxylic acids is 1. The summed E-state index contributed by atoms with van der Waals surface area (Å²) in [5.41, 5.74) is 3.51. The van der Waals surface area contributed by atoms with Crippen LogP contribution in [0.3, 0.4) is 0 Å². The standard InChI is InChI=1S/C21H19N3O2/c1-14-12-19(24(23-14)13-16-8-4-3-5-9-16)22-21(25)20-15(2)17-10-6-7-11-18(17)26-20/h3-12H,13H2,1-2H3,(H,22,25). The zero-order chi connectivity index (χ0) is 18.1. The topological polar surface area (TPSA) is 60.1 Å². The van der Waals surface area contributed by atoms with Gasteiger partial charge < -0.3 is 9.73 Å². The molecule has 0 unspecified atom stereocenters. The molecule has 2 aromatic heterocycles. The van der Waals surface area contributed by atoms with Gasteiger partial charge >= 0.3 is 0 Å². The molecule has 0 bridgehead atoms. The molecule has 2 aromatic carbocycles. The van der Waals surface area contributed by atoms with E-state index in [-0.39, 0.29) is 5.91 Å². The molecule has 0 aliphatic rings. The lowest BCUT2D eigenvalue weighted by molar-refractivity contribution is 0.0997. The second-order valence-corrected chi connectivity index (χ2v) is 6.32. The first-order valence-electron chi connectivity index (χ1n) is 8.49. The molecule has 4 aromatic rings. The Morgan fingerprint density at radius 3 is 2.58 bits per heavy atom. The molecule has 0 aliphatic heterocycles. The molecule has 1 N–H and O–H groups in total. The highest BCUT2D eigenvalue weighted by molar-refractivity contribution is 6.06. The lowest BCUT2D eigenvalue weighted by Gasteiger charge is -2.08. The quantitative estimate of drug-likeness (QED) is 0.590. The van der Waals surface area contributed by atoms with Crippen LogP contribution in [-0.4, -0.2) is 15.7 Å². The third kappa shape index (κ3) is 2.99. The van der Waals surface area contributed by atoms with Gasteiger partial charge in [-0.2, -0.15) is 5.10 Å². The van der Waals surface area contributed by atoms with Crippen LogP contribution in [0.4, 0.5) is 5.82 Å². The second kappa shape index (κ2) is 6.52. The molecule has 130 valence electrons. The molecular formula is C21H19N3O2. The number of nitrogens with zero attached hydrogens (tertiary/aromatic N) is 2. The van der Waals surface area contributed by atoms with E-state index in [0.717, 1.165) is 22.2 Å². The fraction of sp³-hybridized carbons (Fsp3) is 0.143. The van der Waals surface area contributed by atoms with Crippen molar-refractivity contribution in [1.29, 1.82) is 0 Å². The van der Waals surface area contributed by atoms with Gasteiger partial charge in [0.25, 0.3) is 5.91 Å². The van der Waals surface area contributed by atoms with Crippen LogP contribution in [0.25, 0.3) is 11.0 Å². The molecule has 5 nitrogen and oxygen atoms in total. The van der Waals surface area contributed by atoms with Crippen LogP contribution >= 0.6 is 0 Å². The molecule has 0 atom stereocenters. The van der Waals surface area contributed by atoms with E-state index in [2.05, 4.69) is 10.4 Å². The van der Waals surface area contributed by atoms with Crippen molar-refractivity contribution in [2.75, 3.05) is 5.32 Å². The Balaban J connectivity index is 1.62. The fourth-order valence-electron chi connectivity index (χ4n) is 3.09. The van der Waals surface area contributed by atoms with Gasteiger partial charge in [0, 0.05) is 17.0 Å². The van der Waals surface area contributed by atoms with E-state index < -0.39 is 0 Å². The highest BCUT2D eigenvalue weighted by atomic mass is 16.3. The summed E-state index contributed by atoms with van der Waals surface area (Å²) >= 11 is 0. The predicted octanol–water partition coefficient (Wildman–Crippen LogP) is 4.55. The smallest absolute Gasteiger partial charge is 0.292 e. The summed E-state index contributed by atoms with van der Waals surface area (Å²) in [6.45, 7) is 4.39. The van der Waals surface area contributed by atoms with E-state index in [9.17, 15) is 4.79 Å². The molecule has 1 amide bonds.